The molecule has 1 aliphatic heterocycles. The van der Waals surface area contributed by atoms with Gasteiger partial charge in [0.1, 0.15) is 0 Å². The summed E-state index contributed by atoms with van der Waals surface area (Å²) in [4.78, 5) is 22.2. The monoisotopic (exact) mass is 215 g/mol. The van der Waals surface area contributed by atoms with Crippen LogP contribution in [0.1, 0.15) is 39.5 Å². The minimum absolute atomic E-state index is 0.108. The van der Waals surface area contributed by atoms with Gasteiger partial charge in [-0.15, -0.1) is 11.8 Å². The van der Waals surface area contributed by atoms with Crippen molar-refractivity contribution >= 4 is 23.6 Å². The van der Waals surface area contributed by atoms with Gasteiger partial charge in [-0.2, -0.15) is 0 Å². The molecule has 0 aromatic carbocycles. The third kappa shape index (κ3) is 3.33. The van der Waals surface area contributed by atoms with Crippen molar-refractivity contribution in [2.75, 3.05) is 0 Å². The Morgan fingerprint density at radius 3 is 2.79 bits per heavy atom. The normalized spacial score (nSPS) is 23.7. The third-order valence-electron chi connectivity index (χ3n) is 2.29. The van der Waals surface area contributed by atoms with Crippen LogP contribution in [0.15, 0.2) is 0 Å². The molecular formula is C10H17NO2S. The Kier molecular flexibility index (Phi) is 4.45. The second kappa shape index (κ2) is 5.39. The molecule has 0 spiro atoms. The molecule has 1 N–H and O–H groups in total. The number of hydrogen-bond acceptors (Lipinski definition) is 3. The number of rotatable bonds is 5. The van der Waals surface area contributed by atoms with Crippen LogP contribution in [0.2, 0.25) is 0 Å². The molecular weight excluding hydrogens is 198 g/mol. The number of carbonyl (C=O) groups excluding carboxylic acids is 2. The molecule has 0 aliphatic carbocycles. The van der Waals surface area contributed by atoms with Gasteiger partial charge in [-0.25, -0.2) is 0 Å². The van der Waals surface area contributed by atoms with E-state index in [1.54, 1.807) is 11.8 Å². The summed E-state index contributed by atoms with van der Waals surface area (Å²) >= 11 is 1.63. The molecule has 1 fully saturated rings. The van der Waals surface area contributed by atoms with E-state index in [1.807, 2.05) is 0 Å². The fourth-order valence-corrected chi connectivity index (χ4v) is 2.77. The van der Waals surface area contributed by atoms with Gasteiger partial charge in [-0.1, -0.05) is 26.7 Å². The molecule has 0 aromatic rings. The lowest BCUT2D eigenvalue weighted by Gasteiger charge is -2.13. The molecule has 14 heavy (non-hydrogen) atoms. The number of hydrogen-bond donors (Lipinski definition) is 1. The molecule has 2 atom stereocenters. The second-order valence-electron chi connectivity index (χ2n) is 3.69. The first-order valence-corrected chi connectivity index (χ1v) is 6.07. The van der Waals surface area contributed by atoms with E-state index in [9.17, 15) is 9.59 Å². The summed E-state index contributed by atoms with van der Waals surface area (Å²) in [6, 6.07) is 0. The van der Waals surface area contributed by atoms with Crippen LogP contribution in [-0.2, 0) is 9.59 Å². The Labute approximate surface area is 89.0 Å². The molecule has 80 valence electrons. The summed E-state index contributed by atoms with van der Waals surface area (Å²) in [5, 5.41) is 2.65. The summed E-state index contributed by atoms with van der Waals surface area (Å²) < 4.78 is 0. The smallest absolute Gasteiger partial charge is 0.240 e. The van der Waals surface area contributed by atoms with Gasteiger partial charge in [-0.3, -0.25) is 14.9 Å². The summed E-state index contributed by atoms with van der Waals surface area (Å²) in [6.07, 6.45) is 3.86. The Morgan fingerprint density at radius 2 is 2.29 bits per heavy atom. The van der Waals surface area contributed by atoms with E-state index in [1.165, 1.54) is 12.8 Å². The van der Waals surface area contributed by atoms with Crippen molar-refractivity contribution in [1.29, 1.82) is 0 Å². The van der Waals surface area contributed by atoms with Crippen LogP contribution in [0.25, 0.3) is 0 Å². The number of unbranched alkanes of at least 4 members (excludes halogenated alkanes) is 1. The van der Waals surface area contributed by atoms with Crippen LogP contribution in [0.5, 0.6) is 0 Å². The van der Waals surface area contributed by atoms with E-state index in [2.05, 4.69) is 19.2 Å². The number of thioether (sulfide) groups is 1. The van der Waals surface area contributed by atoms with Crippen LogP contribution in [-0.4, -0.2) is 22.3 Å². The van der Waals surface area contributed by atoms with Crippen LogP contribution >= 0.6 is 11.8 Å². The maximum atomic E-state index is 11.2. The minimum atomic E-state index is -0.144. The maximum Gasteiger partial charge on any atom is 0.240 e. The van der Waals surface area contributed by atoms with Gasteiger partial charge >= 0.3 is 0 Å². The quantitative estimate of drug-likeness (QED) is 0.710. The second-order valence-corrected chi connectivity index (χ2v) is 5.34. The van der Waals surface area contributed by atoms with Crippen molar-refractivity contribution in [3.05, 3.63) is 0 Å². The van der Waals surface area contributed by atoms with E-state index < -0.39 is 0 Å². The summed E-state index contributed by atoms with van der Waals surface area (Å²) in [7, 11) is 0. The van der Waals surface area contributed by atoms with Crippen LogP contribution in [0.4, 0.5) is 0 Å². The van der Waals surface area contributed by atoms with Gasteiger partial charge in [0, 0.05) is 11.7 Å². The van der Waals surface area contributed by atoms with Crippen molar-refractivity contribution in [3.8, 4) is 0 Å². The molecule has 2 unspecified atom stereocenters. The Morgan fingerprint density at radius 1 is 1.57 bits per heavy atom. The average Bonchev–Trinajstić information content (AvgIpc) is 2.42. The Bertz CT molecular complexity index is 230. The zero-order valence-corrected chi connectivity index (χ0v) is 9.52. The molecule has 0 radical (unpaired) electrons. The predicted octanol–water partition coefficient (Wildman–Crippen LogP) is 1.71. The lowest BCUT2D eigenvalue weighted by molar-refractivity contribution is -0.124. The molecule has 1 aliphatic rings. The Hall–Kier alpha value is -0.510. The van der Waals surface area contributed by atoms with E-state index in [0.29, 0.717) is 11.7 Å². The first-order valence-electron chi connectivity index (χ1n) is 5.12. The molecule has 3 nitrogen and oxygen atoms in total. The number of nitrogens with one attached hydrogen (secondary N) is 1. The van der Waals surface area contributed by atoms with E-state index >= 15 is 0 Å². The minimum Gasteiger partial charge on any atom is -0.295 e. The first kappa shape index (κ1) is 11.6. The number of imide groups is 1. The van der Waals surface area contributed by atoms with Gasteiger partial charge < -0.3 is 0 Å². The molecule has 0 saturated carbocycles. The van der Waals surface area contributed by atoms with Crippen molar-refractivity contribution in [2.24, 2.45) is 0 Å². The largest absolute Gasteiger partial charge is 0.295 e. The zero-order chi connectivity index (χ0) is 10.6. The van der Waals surface area contributed by atoms with Gasteiger partial charge in [0.2, 0.25) is 11.8 Å². The molecule has 0 aromatic heterocycles. The van der Waals surface area contributed by atoms with Gasteiger partial charge in [-0.05, 0) is 6.42 Å². The van der Waals surface area contributed by atoms with Crippen LogP contribution in [0, 0.1) is 0 Å². The average molecular weight is 215 g/mol. The number of amides is 2. The zero-order valence-electron chi connectivity index (χ0n) is 8.71. The highest BCUT2D eigenvalue weighted by molar-refractivity contribution is 8.01. The SMILES string of the molecule is CCCCC(C)SC1CC(=O)NC1=O. The Balaban J connectivity index is 2.29. The van der Waals surface area contributed by atoms with Crippen LogP contribution in [0.3, 0.4) is 0 Å². The van der Waals surface area contributed by atoms with Crippen molar-refractivity contribution in [3.63, 3.8) is 0 Å². The highest BCUT2D eigenvalue weighted by Gasteiger charge is 2.31. The molecule has 0 bridgehead atoms. The molecule has 4 heteroatoms. The number of carbonyl (C=O) groups is 2. The highest BCUT2D eigenvalue weighted by Crippen LogP contribution is 2.26. The van der Waals surface area contributed by atoms with E-state index in [4.69, 9.17) is 0 Å². The van der Waals surface area contributed by atoms with Crippen molar-refractivity contribution < 1.29 is 9.59 Å². The summed E-state index contributed by atoms with van der Waals surface area (Å²) in [5.74, 6) is -0.237. The predicted molar refractivity (Wildman–Crippen MR) is 58.1 cm³/mol. The molecule has 2 amide bonds. The highest BCUT2D eigenvalue weighted by atomic mass is 32.2. The topological polar surface area (TPSA) is 46.2 Å². The van der Waals surface area contributed by atoms with Gasteiger partial charge in [0.25, 0.3) is 0 Å². The van der Waals surface area contributed by atoms with Crippen molar-refractivity contribution in [1.82, 2.24) is 5.32 Å². The molecule has 1 rings (SSSR count). The summed E-state index contributed by atoms with van der Waals surface area (Å²) in [6.45, 7) is 4.28. The summed E-state index contributed by atoms with van der Waals surface area (Å²) in [5.41, 5.74) is 0. The van der Waals surface area contributed by atoms with Gasteiger partial charge in [0.15, 0.2) is 0 Å². The molecule has 1 saturated heterocycles. The fourth-order valence-electron chi connectivity index (χ4n) is 1.48. The lowest BCUT2D eigenvalue weighted by Crippen LogP contribution is -2.24. The lowest BCUT2D eigenvalue weighted by atomic mass is 10.2. The molecule has 1 heterocycles. The van der Waals surface area contributed by atoms with E-state index in [0.717, 1.165) is 6.42 Å². The van der Waals surface area contributed by atoms with Gasteiger partial charge in [0.05, 0.1) is 5.25 Å². The first-order chi connectivity index (χ1) is 6.63. The van der Waals surface area contributed by atoms with E-state index in [-0.39, 0.29) is 17.1 Å². The third-order valence-corrected chi connectivity index (χ3v) is 3.70. The fraction of sp³-hybridized carbons (Fsp3) is 0.800. The maximum absolute atomic E-state index is 11.2. The standard InChI is InChI=1S/C10H17NO2S/c1-3-4-5-7(2)14-8-6-9(12)11-10(8)13/h7-8H,3-6H2,1-2H3,(H,11,12,13). The van der Waals surface area contributed by atoms with Crippen LogP contribution < -0.4 is 5.32 Å². The van der Waals surface area contributed by atoms with Crippen molar-refractivity contribution in [2.45, 2.75) is 50.0 Å².